The van der Waals surface area contributed by atoms with E-state index in [1.165, 1.54) is 18.3 Å². The maximum Gasteiger partial charge on any atom is 0.490 e. The largest absolute Gasteiger partial charge is 0.490 e. The SMILES string of the molecule is O=C(O)C(F)(F)F.O=C(O)CC(NC(=O)CNC(=O)c1cc(NC2=NCC(F)CN2)c2cn[nH]c2c1)c1ccc(F)c(OC(F)F)c1. The van der Waals surface area contributed by atoms with E-state index in [0.29, 0.717) is 22.5 Å². The zero-order valence-corrected chi connectivity index (χ0v) is 23.5. The highest BCUT2D eigenvalue weighted by atomic mass is 19.4. The van der Waals surface area contributed by atoms with Crippen molar-refractivity contribution in [3.63, 3.8) is 0 Å². The highest BCUT2D eigenvalue weighted by Gasteiger charge is 2.38. The molecule has 3 aromatic rings. The quantitative estimate of drug-likeness (QED) is 0.156. The molecule has 2 amide bonds. The highest BCUT2D eigenvalue weighted by molar-refractivity contribution is 6.07. The maximum absolute atomic E-state index is 13.8. The van der Waals surface area contributed by atoms with Crippen LogP contribution < -0.4 is 26.0 Å². The summed E-state index contributed by atoms with van der Waals surface area (Å²) in [6.45, 7) is -3.86. The number of rotatable bonds is 10. The number of fused-ring (bicyclic) bond motifs is 1. The Morgan fingerprint density at radius 1 is 1.11 bits per heavy atom. The summed E-state index contributed by atoms with van der Waals surface area (Å²) in [5.74, 6) is -7.17. The molecule has 0 bridgehead atoms. The number of aliphatic imine (C=N–C) groups is 1. The first-order chi connectivity index (χ1) is 22.0. The minimum Gasteiger partial charge on any atom is -0.481 e. The van der Waals surface area contributed by atoms with Gasteiger partial charge in [-0.25, -0.2) is 18.6 Å². The standard InChI is InChI=1S/C24H23F4N7O5.C2HF3O2/c25-13-7-30-24(31-8-13)34-17-3-12(4-18-14(17)9-32-35-18)22(39)29-10-20(36)33-16(6-21(37)38)11-1-2-15(26)19(5-11)40-23(27)28;3-2(4,5)1(6)7/h1-5,9,13,16,23H,6-8,10H2,(H,29,39)(H,32,35)(H,33,36)(H,37,38)(H2,30,31,34);(H,6,7). The van der Waals surface area contributed by atoms with E-state index in [9.17, 15) is 50.2 Å². The predicted octanol–water partition coefficient (Wildman–Crippen LogP) is 2.71. The lowest BCUT2D eigenvalue weighted by Gasteiger charge is -2.19. The molecule has 0 radical (unpaired) electrons. The van der Waals surface area contributed by atoms with Crippen LogP contribution in [0.4, 0.5) is 36.4 Å². The number of guanidine groups is 1. The summed E-state index contributed by atoms with van der Waals surface area (Å²) >= 11 is 0. The summed E-state index contributed by atoms with van der Waals surface area (Å²) in [6, 6.07) is 4.51. The Morgan fingerprint density at radius 2 is 1.81 bits per heavy atom. The van der Waals surface area contributed by atoms with E-state index < -0.39 is 73.3 Å². The number of hydrogen-bond acceptors (Lipinski definition) is 9. The fourth-order valence-electron chi connectivity index (χ4n) is 3.87. The monoisotopic (exact) mass is 679 g/mol. The Hall–Kier alpha value is -5.63. The number of carbonyl (C=O) groups is 4. The third-order valence-electron chi connectivity index (χ3n) is 5.95. The van der Waals surface area contributed by atoms with Gasteiger partial charge in [-0.05, 0) is 29.8 Å². The summed E-state index contributed by atoms with van der Waals surface area (Å²) in [5.41, 5.74) is 1.04. The van der Waals surface area contributed by atoms with Gasteiger partial charge in [0.25, 0.3) is 5.91 Å². The first kappa shape index (κ1) is 35.8. The van der Waals surface area contributed by atoms with Gasteiger partial charge >= 0.3 is 24.7 Å². The van der Waals surface area contributed by atoms with Crippen LogP contribution in [-0.4, -0.2) is 88.7 Å². The number of alkyl halides is 6. The number of hydrogen-bond donors (Lipinski definition) is 7. The summed E-state index contributed by atoms with van der Waals surface area (Å²) in [5, 5.41) is 34.2. The van der Waals surface area contributed by atoms with Crippen LogP contribution in [0.5, 0.6) is 5.75 Å². The van der Waals surface area contributed by atoms with Crippen molar-refractivity contribution in [2.24, 2.45) is 4.99 Å². The molecule has 4 rings (SSSR count). The Labute approximate surface area is 258 Å². The first-order valence-electron chi connectivity index (χ1n) is 13.0. The van der Waals surface area contributed by atoms with E-state index in [1.807, 2.05) is 0 Å². The Morgan fingerprint density at radius 3 is 2.40 bits per heavy atom. The molecule has 7 N–H and O–H groups in total. The molecular formula is C26H24F7N7O7. The van der Waals surface area contributed by atoms with Crippen LogP contribution in [0, 0.1) is 5.82 Å². The number of nitrogens with zero attached hydrogens (tertiary/aromatic N) is 2. The Balaban J connectivity index is 0.000000771. The molecule has 1 aromatic heterocycles. The van der Waals surface area contributed by atoms with E-state index >= 15 is 0 Å². The number of halogens is 7. The topological polar surface area (TPSA) is 207 Å². The van der Waals surface area contributed by atoms with E-state index in [2.05, 4.69) is 41.2 Å². The minimum atomic E-state index is -5.08. The summed E-state index contributed by atoms with van der Waals surface area (Å²) in [7, 11) is 0. The number of ether oxygens (including phenoxy) is 1. The van der Waals surface area contributed by atoms with Gasteiger partial charge in [0, 0.05) is 10.9 Å². The molecule has 2 atom stereocenters. The van der Waals surface area contributed by atoms with Crippen molar-refractivity contribution in [3.05, 3.63) is 53.5 Å². The number of H-pyrrole nitrogens is 1. The molecular weight excluding hydrogens is 655 g/mol. The number of anilines is 1. The molecule has 1 aliphatic rings. The molecule has 0 saturated heterocycles. The van der Waals surface area contributed by atoms with Crippen LogP contribution in [0.1, 0.15) is 28.4 Å². The van der Waals surface area contributed by atoms with E-state index in [-0.39, 0.29) is 24.2 Å². The first-order valence-corrected chi connectivity index (χ1v) is 13.0. The lowest BCUT2D eigenvalue weighted by atomic mass is 10.0. The average molecular weight is 680 g/mol. The third kappa shape index (κ3) is 10.7. The van der Waals surface area contributed by atoms with Gasteiger partial charge in [-0.3, -0.25) is 19.5 Å². The smallest absolute Gasteiger partial charge is 0.481 e. The van der Waals surface area contributed by atoms with Gasteiger partial charge in [0.15, 0.2) is 17.5 Å². The summed E-state index contributed by atoms with van der Waals surface area (Å²) < 4.78 is 88.1. The van der Waals surface area contributed by atoms with E-state index in [1.54, 1.807) is 0 Å². The van der Waals surface area contributed by atoms with Crippen LogP contribution >= 0.6 is 0 Å². The number of carbonyl (C=O) groups excluding carboxylic acids is 2. The zero-order chi connectivity index (χ0) is 34.9. The van der Waals surface area contributed by atoms with Gasteiger partial charge in [-0.2, -0.15) is 27.1 Å². The fourth-order valence-corrected chi connectivity index (χ4v) is 3.87. The van der Waals surface area contributed by atoms with Crippen molar-refractivity contribution in [1.29, 1.82) is 0 Å². The molecule has 2 heterocycles. The molecule has 2 unspecified atom stereocenters. The molecule has 21 heteroatoms. The van der Waals surface area contributed by atoms with Crippen molar-refractivity contribution >= 4 is 46.3 Å². The van der Waals surface area contributed by atoms with Gasteiger partial charge < -0.3 is 36.2 Å². The molecule has 254 valence electrons. The van der Waals surface area contributed by atoms with Crippen LogP contribution in [-0.2, 0) is 14.4 Å². The minimum absolute atomic E-state index is 0.00198. The highest BCUT2D eigenvalue weighted by Crippen LogP contribution is 2.27. The number of carboxylic acids is 2. The van der Waals surface area contributed by atoms with Crippen molar-refractivity contribution in [1.82, 2.24) is 26.1 Å². The van der Waals surface area contributed by atoms with Gasteiger partial charge in [-0.15, -0.1) is 0 Å². The van der Waals surface area contributed by atoms with Gasteiger partial charge in [-0.1, -0.05) is 6.07 Å². The molecule has 0 saturated carbocycles. The van der Waals surface area contributed by atoms with E-state index in [4.69, 9.17) is 9.90 Å². The van der Waals surface area contributed by atoms with Crippen LogP contribution in [0.25, 0.3) is 10.9 Å². The second-order valence-corrected chi connectivity index (χ2v) is 9.42. The van der Waals surface area contributed by atoms with Gasteiger partial charge in [0.1, 0.15) is 6.17 Å². The lowest BCUT2D eigenvalue weighted by molar-refractivity contribution is -0.192. The van der Waals surface area contributed by atoms with Crippen LogP contribution in [0.15, 0.2) is 41.5 Å². The van der Waals surface area contributed by atoms with Crippen LogP contribution in [0.2, 0.25) is 0 Å². The summed E-state index contributed by atoms with van der Waals surface area (Å²) in [6.07, 6.45) is -5.34. The second-order valence-electron chi connectivity index (χ2n) is 9.42. The number of benzene rings is 2. The Bertz CT molecular complexity index is 1650. The summed E-state index contributed by atoms with van der Waals surface area (Å²) in [4.78, 5) is 49.7. The average Bonchev–Trinajstić information content (AvgIpc) is 3.46. The zero-order valence-electron chi connectivity index (χ0n) is 23.5. The van der Waals surface area contributed by atoms with Crippen molar-refractivity contribution in [3.8, 4) is 5.75 Å². The van der Waals surface area contributed by atoms with Crippen molar-refractivity contribution in [2.75, 3.05) is 25.0 Å². The van der Waals surface area contributed by atoms with Crippen molar-refractivity contribution in [2.45, 2.75) is 31.4 Å². The molecule has 0 aliphatic carbocycles. The number of aliphatic carboxylic acids is 2. The number of aromatic nitrogens is 2. The van der Waals surface area contributed by atoms with Crippen molar-refractivity contribution < 1.29 is 64.9 Å². The molecule has 2 aromatic carbocycles. The number of carboxylic acid groups (broad SMARTS) is 2. The Kier molecular flexibility index (Phi) is 11.9. The maximum atomic E-state index is 13.8. The second kappa shape index (κ2) is 15.6. The fraction of sp³-hybridized carbons (Fsp3) is 0.308. The third-order valence-corrected chi connectivity index (χ3v) is 5.95. The predicted molar refractivity (Wildman–Crippen MR) is 147 cm³/mol. The molecule has 14 nitrogen and oxygen atoms in total. The van der Waals surface area contributed by atoms with Gasteiger partial charge in [0.2, 0.25) is 5.91 Å². The lowest BCUT2D eigenvalue weighted by Crippen LogP contribution is -2.41. The molecule has 1 aliphatic heterocycles. The number of amides is 2. The molecule has 0 fully saturated rings. The molecule has 0 spiro atoms. The van der Waals surface area contributed by atoms with Crippen LogP contribution in [0.3, 0.4) is 0 Å². The normalized spacial score (nSPS) is 15.0. The molecule has 47 heavy (non-hydrogen) atoms. The van der Waals surface area contributed by atoms with E-state index in [0.717, 1.165) is 18.2 Å². The van der Waals surface area contributed by atoms with Gasteiger partial charge in [0.05, 0.1) is 49.5 Å². The number of nitrogens with one attached hydrogen (secondary N) is 5. The number of aromatic amines is 1.